The van der Waals surface area contributed by atoms with Crippen molar-refractivity contribution in [1.29, 1.82) is 0 Å². The van der Waals surface area contributed by atoms with Gasteiger partial charge in [-0.15, -0.1) is 0 Å². The quantitative estimate of drug-likeness (QED) is 0.731. The monoisotopic (exact) mass is 318 g/mol. The standard InChI is InChI=1S/C16H18N2O5/c1-16(22)13(20)12(9-19)23-14(16)18-8-7-11(17-15(18)21)10-5-3-2-4-6-10/h2-8,12-14,19-20,22H,9H2,1H3/t12?,13?,14?,16-/m1/s1. The lowest BCUT2D eigenvalue weighted by molar-refractivity contribution is -0.0986. The predicted molar refractivity (Wildman–Crippen MR) is 81.6 cm³/mol. The van der Waals surface area contributed by atoms with Crippen LogP contribution in [-0.4, -0.2) is 49.3 Å². The van der Waals surface area contributed by atoms with Crippen molar-refractivity contribution in [3.63, 3.8) is 0 Å². The van der Waals surface area contributed by atoms with Gasteiger partial charge in [-0.3, -0.25) is 4.57 Å². The van der Waals surface area contributed by atoms with Crippen molar-refractivity contribution in [1.82, 2.24) is 9.55 Å². The fourth-order valence-electron chi connectivity index (χ4n) is 2.75. The van der Waals surface area contributed by atoms with E-state index in [1.807, 2.05) is 30.3 Å². The fourth-order valence-corrected chi connectivity index (χ4v) is 2.75. The van der Waals surface area contributed by atoms with Crippen LogP contribution < -0.4 is 5.69 Å². The lowest BCUT2D eigenvalue weighted by atomic mass is 9.96. The van der Waals surface area contributed by atoms with Gasteiger partial charge in [0.15, 0.2) is 6.23 Å². The van der Waals surface area contributed by atoms with Gasteiger partial charge in [-0.1, -0.05) is 30.3 Å². The van der Waals surface area contributed by atoms with Gasteiger partial charge in [0, 0.05) is 11.8 Å². The summed E-state index contributed by atoms with van der Waals surface area (Å²) in [5.74, 6) is 0. The number of ether oxygens (including phenoxy) is 1. The van der Waals surface area contributed by atoms with Crippen molar-refractivity contribution in [3.05, 3.63) is 53.1 Å². The first-order chi connectivity index (χ1) is 10.9. The molecule has 0 amide bonds. The van der Waals surface area contributed by atoms with E-state index in [0.717, 1.165) is 10.1 Å². The molecule has 0 spiro atoms. The van der Waals surface area contributed by atoms with Crippen LogP contribution >= 0.6 is 0 Å². The Morgan fingerprint density at radius 3 is 2.57 bits per heavy atom. The Kier molecular flexibility index (Phi) is 4.03. The molecule has 4 atom stereocenters. The molecule has 3 N–H and O–H groups in total. The number of rotatable bonds is 3. The Morgan fingerprint density at radius 1 is 1.30 bits per heavy atom. The highest BCUT2D eigenvalue weighted by Crippen LogP contribution is 2.37. The molecule has 1 aromatic heterocycles. The van der Waals surface area contributed by atoms with E-state index < -0.39 is 36.3 Å². The predicted octanol–water partition coefficient (Wildman–Crippen LogP) is -0.0881. The molecule has 1 aliphatic rings. The summed E-state index contributed by atoms with van der Waals surface area (Å²) >= 11 is 0. The maximum Gasteiger partial charge on any atom is 0.350 e. The van der Waals surface area contributed by atoms with Crippen molar-refractivity contribution in [2.75, 3.05) is 6.61 Å². The highest BCUT2D eigenvalue weighted by atomic mass is 16.6. The lowest BCUT2D eigenvalue weighted by Crippen LogP contribution is -2.46. The Hall–Kier alpha value is -2.06. The molecule has 1 fully saturated rings. The summed E-state index contributed by atoms with van der Waals surface area (Å²) in [6.45, 7) is 0.896. The Labute approximate surface area is 132 Å². The van der Waals surface area contributed by atoms with Gasteiger partial charge in [0.2, 0.25) is 0 Å². The van der Waals surface area contributed by atoms with Crippen LogP contribution in [0.25, 0.3) is 11.3 Å². The molecule has 0 aliphatic carbocycles. The zero-order valence-electron chi connectivity index (χ0n) is 12.5. The smallest absolute Gasteiger partial charge is 0.350 e. The average molecular weight is 318 g/mol. The number of aliphatic hydroxyl groups is 3. The minimum atomic E-state index is -1.72. The summed E-state index contributed by atoms with van der Waals surface area (Å²) < 4.78 is 6.54. The molecule has 1 saturated heterocycles. The van der Waals surface area contributed by atoms with Gasteiger partial charge in [0.05, 0.1) is 12.3 Å². The van der Waals surface area contributed by atoms with Crippen molar-refractivity contribution < 1.29 is 20.1 Å². The molecule has 1 aliphatic heterocycles. The van der Waals surface area contributed by atoms with E-state index in [9.17, 15) is 20.1 Å². The van der Waals surface area contributed by atoms with Crippen LogP contribution in [0.5, 0.6) is 0 Å². The number of aromatic nitrogens is 2. The van der Waals surface area contributed by atoms with Crippen LogP contribution in [0.2, 0.25) is 0 Å². The summed E-state index contributed by atoms with van der Waals surface area (Å²) in [6.07, 6.45) is -1.93. The first kappa shape index (κ1) is 15.8. The second-order valence-corrected chi connectivity index (χ2v) is 5.75. The van der Waals surface area contributed by atoms with Crippen molar-refractivity contribution in [2.45, 2.75) is 31.0 Å². The molecule has 122 valence electrons. The topological polar surface area (TPSA) is 105 Å². The molecule has 1 aromatic carbocycles. The maximum atomic E-state index is 12.3. The molecule has 0 radical (unpaired) electrons. The molecular weight excluding hydrogens is 300 g/mol. The van der Waals surface area contributed by atoms with Gasteiger partial charge >= 0.3 is 5.69 Å². The number of benzene rings is 1. The van der Waals surface area contributed by atoms with Crippen LogP contribution in [0.15, 0.2) is 47.4 Å². The van der Waals surface area contributed by atoms with Crippen molar-refractivity contribution >= 4 is 0 Å². The van der Waals surface area contributed by atoms with E-state index >= 15 is 0 Å². The van der Waals surface area contributed by atoms with Gasteiger partial charge in [-0.05, 0) is 13.0 Å². The molecule has 23 heavy (non-hydrogen) atoms. The van der Waals surface area contributed by atoms with E-state index in [1.165, 1.54) is 13.1 Å². The number of nitrogens with zero attached hydrogens (tertiary/aromatic N) is 2. The summed E-state index contributed by atoms with van der Waals surface area (Å²) in [4.78, 5) is 16.3. The molecule has 3 unspecified atom stereocenters. The van der Waals surface area contributed by atoms with Crippen LogP contribution in [0, 0.1) is 0 Å². The highest BCUT2D eigenvalue weighted by molar-refractivity contribution is 5.57. The first-order valence-electron chi connectivity index (χ1n) is 7.26. The molecule has 0 bridgehead atoms. The van der Waals surface area contributed by atoms with Gasteiger partial charge in [0.25, 0.3) is 0 Å². The van der Waals surface area contributed by atoms with E-state index in [-0.39, 0.29) is 0 Å². The number of hydrogen-bond donors (Lipinski definition) is 3. The van der Waals surface area contributed by atoms with Gasteiger partial charge in [0.1, 0.15) is 17.8 Å². The molecule has 2 heterocycles. The van der Waals surface area contributed by atoms with Crippen molar-refractivity contribution in [3.8, 4) is 11.3 Å². The third-order valence-corrected chi connectivity index (χ3v) is 4.09. The first-order valence-corrected chi connectivity index (χ1v) is 7.26. The second-order valence-electron chi connectivity index (χ2n) is 5.75. The largest absolute Gasteiger partial charge is 0.394 e. The van der Waals surface area contributed by atoms with Crippen LogP contribution in [0.3, 0.4) is 0 Å². The average Bonchev–Trinajstić information content (AvgIpc) is 2.78. The number of aliphatic hydroxyl groups excluding tert-OH is 2. The normalized spacial score (nSPS) is 30.5. The van der Waals surface area contributed by atoms with E-state index in [1.54, 1.807) is 6.07 Å². The van der Waals surface area contributed by atoms with Gasteiger partial charge in [-0.2, -0.15) is 4.98 Å². The SMILES string of the molecule is C[C@@]1(O)C(O)C(CO)OC1n1ccc(-c2ccccc2)nc1=O. The summed E-state index contributed by atoms with van der Waals surface area (Å²) in [6, 6.07) is 10.9. The number of hydrogen-bond acceptors (Lipinski definition) is 6. The minimum absolute atomic E-state index is 0.460. The Morgan fingerprint density at radius 2 is 2.00 bits per heavy atom. The summed E-state index contributed by atoms with van der Waals surface area (Å²) in [7, 11) is 0. The van der Waals surface area contributed by atoms with E-state index in [4.69, 9.17) is 4.74 Å². The molecular formula is C16H18N2O5. The van der Waals surface area contributed by atoms with Gasteiger partial charge < -0.3 is 20.1 Å². The van der Waals surface area contributed by atoms with Crippen molar-refractivity contribution in [2.24, 2.45) is 0 Å². The third kappa shape index (κ3) is 2.68. The molecule has 7 nitrogen and oxygen atoms in total. The highest BCUT2D eigenvalue weighted by Gasteiger charge is 2.53. The van der Waals surface area contributed by atoms with Gasteiger partial charge in [-0.25, -0.2) is 4.79 Å². The fraction of sp³-hybridized carbons (Fsp3) is 0.375. The molecule has 0 saturated carbocycles. The Bertz CT molecular complexity index is 744. The van der Waals surface area contributed by atoms with Crippen LogP contribution in [0.4, 0.5) is 0 Å². The Balaban J connectivity index is 1.97. The zero-order valence-corrected chi connectivity index (χ0v) is 12.5. The zero-order chi connectivity index (χ0) is 16.6. The van der Waals surface area contributed by atoms with Crippen LogP contribution in [0.1, 0.15) is 13.2 Å². The lowest BCUT2D eigenvalue weighted by Gasteiger charge is -2.27. The minimum Gasteiger partial charge on any atom is -0.394 e. The molecule has 3 rings (SSSR count). The maximum absolute atomic E-state index is 12.3. The summed E-state index contributed by atoms with van der Waals surface area (Å²) in [5, 5.41) is 29.6. The summed E-state index contributed by atoms with van der Waals surface area (Å²) in [5.41, 5.74) is -1.03. The molecule has 2 aromatic rings. The second kappa shape index (κ2) is 5.86. The van der Waals surface area contributed by atoms with Crippen LogP contribution in [-0.2, 0) is 4.74 Å². The third-order valence-electron chi connectivity index (χ3n) is 4.09. The molecule has 7 heteroatoms. The van der Waals surface area contributed by atoms with E-state index in [2.05, 4.69) is 4.98 Å². The van der Waals surface area contributed by atoms with E-state index in [0.29, 0.717) is 5.69 Å².